The molecule has 4 nitrogen and oxygen atoms in total. The number of piperidine rings is 1. The first-order valence-corrected chi connectivity index (χ1v) is 11.7. The number of hydrogen-bond acceptors (Lipinski definition) is 2. The van der Waals surface area contributed by atoms with E-state index in [2.05, 4.69) is 12.2 Å². The summed E-state index contributed by atoms with van der Waals surface area (Å²) in [6, 6.07) is 14.7. The summed E-state index contributed by atoms with van der Waals surface area (Å²) < 4.78 is 14.1. The second-order valence-electron chi connectivity index (χ2n) is 9.91. The lowest BCUT2D eigenvalue weighted by atomic mass is 9.72. The molecule has 1 aliphatic carbocycles. The van der Waals surface area contributed by atoms with Gasteiger partial charge in [-0.05, 0) is 62.6 Å². The highest BCUT2D eigenvalue weighted by atomic mass is 19.1. The average molecular weight is 437 g/mol. The van der Waals surface area contributed by atoms with E-state index in [1.54, 1.807) is 12.1 Å². The van der Waals surface area contributed by atoms with Crippen molar-refractivity contribution in [2.24, 2.45) is 17.3 Å². The molecule has 2 aromatic carbocycles. The molecular weight excluding hydrogens is 403 g/mol. The van der Waals surface area contributed by atoms with E-state index in [-0.39, 0.29) is 29.6 Å². The second-order valence-corrected chi connectivity index (χ2v) is 9.91. The maximum absolute atomic E-state index is 14.1. The van der Waals surface area contributed by atoms with Crippen LogP contribution >= 0.6 is 0 Å². The summed E-state index contributed by atoms with van der Waals surface area (Å²) in [6.45, 7) is 7.32. The highest BCUT2D eigenvalue weighted by Gasteiger charge is 2.46. The van der Waals surface area contributed by atoms with Crippen LogP contribution in [0.15, 0.2) is 48.5 Å². The van der Waals surface area contributed by atoms with Crippen molar-refractivity contribution in [2.75, 3.05) is 13.1 Å². The van der Waals surface area contributed by atoms with Gasteiger partial charge >= 0.3 is 0 Å². The van der Waals surface area contributed by atoms with Gasteiger partial charge in [0.1, 0.15) is 5.82 Å². The summed E-state index contributed by atoms with van der Waals surface area (Å²) in [6.07, 6.45) is 2.93. The van der Waals surface area contributed by atoms with Gasteiger partial charge in [-0.1, -0.05) is 49.4 Å². The number of benzene rings is 2. The standard InChI is InChI=1S/C27H33FN2O2/c1-18(2)29-26(32)27(12-14-30(15-13-27)25(31)23-16-19(23)3)17-20-8-10-21(11-9-20)22-6-4-5-7-24(22)28/h4-11,18-19,23H,12-17H2,1-3H3,(H,29,32)/t19-,23+/m0/s1. The van der Waals surface area contributed by atoms with Gasteiger partial charge in [0.25, 0.3) is 0 Å². The van der Waals surface area contributed by atoms with Crippen LogP contribution < -0.4 is 5.32 Å². The fourth-order valence-electron chi connectivity index (χ4n) is 4.84. The first kappa shape index (κ1) is 22.5. The van der Waals surface area contributed by atoms with Crippen LogP contribution in [0, 0.1) is 23.1 Å². The van der Waals surface area contributed by atoms with Gasteiger partial charge in [0.15, 0.2) is 0 Å². The molecule has 0 bridgehead atoms. The lowest BCUT2D eigenvalue weighted by Gasteiger charge is -2.41. The van der Waals surface area contributed by atoms with Crippen LogP contribution in [0.3, 0.4) is 0 Å². The molecule has 0 radical (unpaired) electrons. The molecule has 0 spiro atoms. The Kier molecular flexibility index (Phi) is 6.36. The quantitative estimate of drug-likeness (QED) is 0.706. The topological polar surface area (TPSA) is 49.4 Å². The van der Waals surface area contributed by atoms with Gasteiger partial charge in [-0.15, -0.1) is 0 Å². The summed E-state index contributed by atoms with van der Waals surface area (Å²) in [5, 5.41) is 3.11. The van der Waals surface area contributed by atoms with Crippen LogP contribution in [-0.4, -0.2) is 35.8 Å². The number of hydrogen-bond donors (Lipinski definition) is 1. The van der Waals surface area contributed by atoms with Gasteiger partial charge in [-0.3, -0.25) is 9.59 Å². The molecule has 1 saturated carbocycles. The molecule has 2 atom stereocenters. The monoisotopic (exact) mass is 436 g/mol. The molecule has 2 aromatic rings. The van der Waals surface area contributed by atoms with Crippen LogP contribution in [0.5, 0.6) is 0 Å². The average Bonchev–Trinajstić information content (AvgIpc) is 3.51. The van der Waals surface area contributed by atoms with Crippen LogP contribution in [0.2, 0.25) is 0 Å². The number of carbonyl (C=O) groups excluding carboxylic acids is 2. The molecule has 1 saturated heterocycles. The summed E-state index contributed by atoms with van der Waals surface area (Å²) in [5.41, 5.74) is 1.92. The minimum Gasteiger partial charge on any atom is -0.353 e. The van der Waals surface area contributed by atoms with Crippen molar-refractivity contribution in [2.45, 2.75) is 52.5 Å². The Bertz CT molecular complexity index is 977. The third kappa shape index (κ3) is 4.72. The molecule has 0 unspecified atom stereocenters. The van der Waals surface area contributed by atoms with E-state index in [4.69, 9.17) is 0 Å². The Morgan fingerprint density at radius 2 is 1.72 bits per heavy atom. The molecule has 2 fully saturated rings. The zero-order valence-electron chi connectivity index (χ0n) is 19.2. The highest BCUT2D eigenvalue weighted by molar-refractivity contribution is 5.85. The fraction of sp³-hybridized carbons (Fsp3) is 0.481. The normalized spacial score (nSPS) is 22.0. The summed E-state index contributed by atoms with van der Waals surface area (Å²) in [4.78, 5) is 27.9. The highest BCUT2D eigenvalue weighted by Crippen LogP contribution is 2.42. The number of carbonyl (C=O) groups is 2. The van der Waals surface area contributed by atoms with Crippen molar-refractivity contribution in [1.82, 2.24) is 10.2 Å². The molecule has 1 N–H and O–H groups in total. The zero-order chi connectivity index (χ0) is 22.9. The van der Waals surface area contributed by atoms with E-state index >= 15 is 0 Å². The number of amides is 2. The van der Waals surface area contributed by atoms with Gasteiger partial charge in [0.05, 0.1) is 5.41 Å². The summed E-state index contributed by atoms with van der Waals surface area (Å²) in [5.74, 6) is 0.751. The van der Waals surface area contributed by atoms with E-state index in [1.807, 2.05) is 49.1 Å². The van der Waals surface area contributed by atoms with Gasteiger partial charge < -0.3 is 10.2 Å². The van der Waals surface area contributed by atoms with Gasteiger partial charge in [0.2, 0.25) is 11.8 Å². The first-order valence-electron chi connectivity index (χ1n) is 11.7. The van der Waals surface area contributed by atoms with E-state index < -0.39 is 5.41 Å². The molecular formula is C27H33FN2O2. The predicted molar refractivity (Wildman–Crippen MR) is 124 cm³/mol. The third-order valence-corrected chi connectivity index (χ3v) is 7.04. The van der Waals surface area contributed by atoms with E-state index in [0.29, 0.717) is 43.8 Å². The van der Waals surface area contributed by atoms with Crippen molar-refractivity contribution in [1.29, 1.82) is 0 Å². The van der Waals surface area contributed by atoms with Crippen LogP contribution in [0.1, 0.15) is 45.6 Å². The van der Waals surface area contributed by atoms with Crippen molar-refractivity contribution < 1.29 is 14.0 Å². The molecule has 4 rings (SSSR count). The largest absolute Gasteiger partial charge is 0.353 e. The zero-order valence-corrected chi connectivity index (χ0v) is 19.2. The predicted octanol–water partition coefficient (Wildman–Crippen LogP) is 4.82. The lowest BCUT2D eigenvalue weighted by molar-refractivity contribution is -0.141. The molecule has 5 heteroatoms. The maximum Gasteiger partial charge on any atom is 0.226 e. The van der Waals surface area contributed by atoms with Crippen LogP contribution in [-0.2, 0) is 16.0 Å². The SMILES string of the molecule is CC(C)NC(=O)C1(Cc2ccc(-c3ccccc3F)cc2)CCN(C(=O)[C@@H]2C[C@@H]2C)CC1. The second kappa shape index (κ2) is 9.05. The van der Waals surface area contributed by atoms with Gasteiger partial charge in [0, 0.05) is 30.6 Å². The summed E-state index contributed by atoms with van der Waals surface area (Å²) >= 11 is 0. The number of nitrogens with one attached hydrogen (secondary N) is 1. The number of nitrogens with zero attached hydrogens (tertiary/aromatic N) is 1. The Hall–Kier alpha value is -2.69. The maximum atomic E-state index is 14.1. The van der Waals surface area contributed by atoms with Crippen LogP contribution in [0.4, 0.5) is 4.39 Å². The molecule has 0 aromatic heterocycles. The van der Waals surface area contributed by atoms with Crippen molar-refractivity contribution in [3.63, 3.8) is 0 Å². The fourth-order valence-corrected chi connectivity index (χ4v) is 4.84. The summed E-state index contributed by atoms with van der Waals surface area (Å²) in [7, 11) is 0. The number of rotatable bonds is 6. The minimum atomic E-state index is -0.532. The van der Waals surface area contributed by atoms with Crippen LogP contribution in [0.25, 0.3) is 11.1 Å². The third-order valence-electron chi connectivity index (χ3n) is 7.04. The minimum absolute atomic E-state index is 0.0646. The molecule has 1 aliphatic heterocycles. The molecule has 2 aliphatic rings. The van der Waals surface area contributed by atoms with Crippen molar-refractivity contribution in [3.8, 4) is 11.1 Å². The van der Waals surface area contributed by atoms with Crippen molar-refractivity contribution in [3.05, 3.63) is 59.9 Å². The Morgan fingerprint density at radius 3 is 2.28 bits per heavy atom. The van der Waals surface area contributed by atoms with E-state index in [0.717, 1.165) is 17.5 Å². The van der Waals surface area contributed by atoms with E-state index in [1.165, 1.54) is 6.07 Å². The van der Waals surface area contributed by atoms with E-state index in [9.17, 15) is 14.0 Å². The molecule has 32 heavy (non-hydrogen) atoms. The Labute approximate surface area is 190 Å². The van der Waals surface area contributed by atoms with Crippen molar-refractivity contribution >= 4 is 11.8 Å². The Morgan fingerprint density at radius 1 is 1.09 bits per heavy atom. The smallest absolute Gasteiger partial charge is 0.226 e. The first-order chi connectivity index (χ1) is 15.3. The van der Waals surface area contributed by atoms with Gasteiger partial charge in [-0.2, -0.15) is 0 Å². The lowest BCUT2D eigenvalue weighted by Crippen LogP contribution is -2.52. The molecule has 170 valence electrons. The molecule has 2 amide bonds. The Balaban J connectivity index is 1.51. The number of halogens is 1. The molecule has 1 heterocycles. The van der Waals surface area contributed by atoms with Gasteiger partial charge in [-0.25, -0.2) is 4.39 Å². The number of likely N-dealkylation sites (tertiary alicyclic amines) is 1.